The minimum atomic E-state index is -0.611. The van der Waals surface area contributed by atoms with Gasteiger partial charge in [-0.05, 0) is 43.4 Å². The Morgan fingerprint density at radius 2 is 1.93 bits per heavy atom. The summed E-state index contributed by atoms with van der Waals surface area (Å²) in [5.41, 5.74) is 5.61. The van der Waals surface area contributed by atoms with Gasteiger partial charge in [0, 0.05) is 10.9 Å². The molecule has 27 heavy (non-hydrogen) atoms. The number of hydrogen-bond donors (Lipinski definition) is 2. The highest BCUT2D eigenvalue weighted by atomic mass is 32.1. The average molecular weight is 389 g/mol. The molecule has 0 unspecified atom stereocenters. The number of carbonyl (C=O) groups excluding carboxylic acids is 2. The van der Waals surface area contributed by atoms with Crippen molar-refractivity contribution in [2.45, 2.75) is 32.1 Å². The number of nitro benzene ring substituents is 1. The third kappa shape index (κ3) is 4.82. The van der Waals surface area contributed by atoms with Crippen LogP contribution in [0, 0.1) is 10.1 Å². The van der Waals surface area contributed by atoms with Crippen LogP contribution in [0.15, 0.2) is 30.3 Å². The van der Waals surface area contributed by atoms with Crippen LogP contribution in [0.2, 0.25) is 0 Å². The minimum Gasteiger partial charge on any atom is -0.477 e. The van der Waals surface area contributed by atoms with Gasteiger partial charge < -0.3 is 4.74 Å². The van der Waals surface area contributed by atoms with Crippen LogP contribution in [0.4, 0.5) is 5.69 Å². The summed E-state index contributed by atoms with van der Waals surface area (Å²) in [5, 5.41) is 10.9. The highest BCUT2D eigenvalue weighted by Crippen LogP contribution is 2.29. The fourth-order valence-electron chi connectivity index (χ4n) is 2.88. The number of hydrazine groups is 1. The Bertz CT molecular complexity index is 841. The Morgan fingerprint density at radius 1 is 1.15 bits per heavy atom. The Kier molecular flexibility index (Phi) is 6.02. The summed E-state index contributed by atoms with van der Waals surface area (Å²) in [6.07, 6.45) is 5.44. The molecule has 8 nitrogen and oxygen atoms in total. The quantitative estimate of drug-likeness (QED) is 0.464. The molecule has 2 amide bonds. The van der Waals surface area contributed by atoms with Crippen LogP contribution in [-0.4, -0.2) is 23.3 Å². The van der Waals surface area contributed by atoms with Crippen LogP contribution >= 0.6 is 11.3 Å². The number of hydrogen-bond acceptors (Lipinski definition) is 6. The molecule has 0 radical (unpaired) electrons. The standard InChI is InChI=1S/C18H19N3O5S/c22-17(11-26-14-8-5-4-7-13(14)21(24)25)19-20-18(23)16-10-12-6-2-1-3-9-15(12)27-16/h4-5,7-8,10H,1-3,6,9,11H2,(H,19,22)(H,20,23). The monoisotopic (exact) mass is 389 g/mol. The van der Waals surface area contributed by atoms with E-state index in [1.807, 2.05) is 6.07 Å². The topological polar surface area (TPSA) is 111 Å². The third-order valence-electron chi connectivity index (χ3n) is 4.21. The van der Waals surface area contributed by atoms with Crippen LogP contribution in [-0.2, 0) is 17.6 Å². The first kappa shape index (κ1) is 18.8. The number of nitrogens with one attached hydrogen (secondary N) is 2. The van der Waals surface area contributed by atoms with Crippen LogP contribution in [0.25, 0.3) is 0 Å². The zero-order valence-corrected chi connectivity index (χ0v) is 15.3. The Morgan fingerprint density at radius 3 is 2.74 bits per heavy atom. The molecule has 1 aromatic carbocycles. The molecular weight excluding hydrogens is 370 g/mol. The summed E-state index contributed by atoms with van der Waals surface area (Å²) in [6.45, 7) is -0.452. The minimum absolute atomic E-state index is 0.00836. The molecular formula is C18H19N3O5S. The summed E-state index contributed by atoms with van der Waals surface area (Å²) in [7, 11) is 0. The zero-order chi connectivity index (χ0) is 19.2. The Labute approximate surface area is 159 Å². The van der Waals surface area contributed by atoms with E-state index in [9.17, 15) is 19.7 Å². The molecule has 1 aromatic heterocycles. The van der Waals surface area contributed by atoms with E-state index in [2.05, 4.69) is 10.9 Å². The first-order valence-corrected chi connectivity index (χ1v) is 9.43. The first-order chi connectivity index (χ1) is 13.0. The molecule has 0 bridgehead atoms. The number of thiophene rings is 1. The molecule has 0 saturated carbocycles. The smallest absolute Gasteiger partial charge is 0.310 e. The van der Waals surface area contributed by atoms with Gasteiger partial charge in [-0.3, -0.25) is 30.6 Å². The number of rotatable bonds is 5. The van der Waals surface area contributed by atoms with Crippen LogP contribution < -0.4 is 15.6 Å². The molecule has 0 atom stereocenters. The van der Waals surface area contributed by atoms with Crippen molar-refractivity contribution >= 4 is 28.8 Å². The number of fused-ring (bicyclic) bond motifs is 1. The van der Waals surface area contributed by atoms with Crippen LogP contribution in [0.3, 0.4) is 0 Å². The molecule has 2 N–H and O–H groups in total. The van der Waals surface area contributed by atoms with Crippen molar-refractivity contribution in [2.24, 2.45) is 0 Å². The molecule has 142 valence electrons. The number of nitrogens with zero attached hydrogens (tertiary/aromatic N) is 1. The van der Waals surface area contributed by atoms with E-state index in [1.54, 1.807) is 6.07 Å². The largest absolute Gasteiger partial charge is 0.477 e. The maximum Gasteiger partial charge on any atom is 0.310 e. The summed E-state index contributed by atoms with van der Waals surface area (Å²) >= 11 is 1.45. The van der Waals surface area contributed by atoms with E-state index in [0.29, 0.717) is 4.88 Å². The fraction of sp³-hybridized carbons (Fsp3) is 0.333. The molecule has 3 rings (SSSR count). The van der Waals surface area contributed by atoms with E-state index in [4.69, 9.17) is 4.74 Å². The highest BCUT2D eigenvalue weighted by Gasteiger charge is 2.18. The van der Waals surface area contributed by atoms with E-state index in [-0.39, 0.29) is 17.3 Å². The number of ether oxygens (including phenoxy) is 1. The van der Waals surface area contributed by atoms with Gasteiger partial charge in [0.05, 0.1) is 9.80 Å². The zero-order valence-electron chi connectivity index (χ0n) is 14.5. The second kappa shape index (κ2) is 8.63. The average Bonchev–Trinajstić information content (AvgIpc) is 2.95. The number of amides is 2. The highest BCUT2D eigenvalue weighted by molar-refractivity contribution is 7.14. The molecule has 0 saturated heterocycles. The van der Waals surface area contributed by atoms with Crippen molar-refractivity contribution in [3.63, 3.8) is 0 Å². The second-order valence-electron chi connectivity index (χ2n) is 6.14. The number of carbonyl (C=O) groups is 2. The molecule has 0 aliphatic heterocycles. The van der Waals surface area contributed by atoms with E-state index in [0.717, 1.165) is 25.7 Å². The summed E-state index contributed by atoms with van der Waals surface area (Å²) in [4.78, 5) is 36.2. The lowest BCUT2D eigenvalue weighted by Gasteiger charge is -2.08. The van der Waals surface area contributed by atoms with Crippen molar-refractivity contribution in [2.75, 3.05) is 6.61 Å². The summed E-state index contributed by atoms with van der Waals surface area (Å²) in [6, 6.07) is 7.66. The maximum absolute atomic E-state index is 12.2. The molecule has 0 spiro atoms. The van der Waals surface area contributed by atoms with E-state index >= 15 is 0 Å². The molecule has 1 aliphatic rings. The first-order valence-electron chi connectivity index (χ1n) is 8.61. The lowest BCUT2D eigenvalue weighted by Crippen LogP contribution is -2.43. The predicted molar refractivity (Wildman–Crippen MR) is 99.8 cm³/mol. The Hall–Kier alpha value is -2.94. The van der Waals surface area contributed by atoms with Gasteiger partial charge in [0.1, 0.15) is 0 Å². The van der Waals surface area contributed by atoms with Crippen LogP contribution in [0.1, 0.15) is 39.4 Å². The predicted octanol–water partition coefficient (Wildman–Crippen LogP) is 2.77. The van der Waals surface area contributed by atoms with Gasteiger partial charge in [0.15, 0.2) is 12.4 Å². The molecule has 9 heteroatoms. The number of benzene rings is 1. The maximum atomic E-state index is 12.2. The SMILES string of the molecule is O=C(COc1ccccc1[N+](=O)[O-])NNC(=O)c1cc2c(s1)CCCCC2. The molecule has 0 fully saturated rings. The van der Waals surface area contributed by atoms with E-state index < -0.39 is 17.4 Å². The van der Waals surface area contributed by atoms with Crippen molar-refractivity contribution in [3.8, 4) is 5.75 Å². The van der Waals surface area contributed by atoms with Gasteiger partial charge in [-0.15, -0.1) is 11.3 Å². The van der Waals surface area contributed by atoms with Crippen molar-refractivity contribution < 1.29 is 19.2 Å². The van der Waals surface area contributed by atoms with Crippen molar-refractivity contribution in [1.82, 2.24) is 10.9 Å². The molecule has 2 aromatic rings. The summed E-state index contributed by atoms with van der Waals surface area (Å²) < 4.78 is 5.18. The Balaban J connectivity index is 1.51. The van der Waals surface area contributed by atoms with Gasteiger partial charge >= 0.3 is 5.69 Å². The molecule has 1 aliphatic carbocycles. The fourth-order valence-corrected chi connectivity index (χ4v) is 4.03. The lowest BCUT2D eigenvalue weighted by molar-refractivity contribution is -0.385. The van der Waals surface area contributed by atoms with Gasteiger partial charge in [-0.1, -0.05) is 18.6 Å². The van der Waals surface area contributed by atoms with Gasteiger partial charge in [-0.25, -0.2) is 0 Å². The van der Waals surface area contributed by atoms with Crippen LogP contribution in [0.5, 0.6) is 5.75 Å². The lowest BCUT2D eigenvalue weighted by atomic mass is 10.1. The molecule has 1 heterocycles. The number of para-hydroxylation sites is 2. The number of aryl methyl sites for hydroxylation is 2. The van der Waals surface area contributed by atoms with Crippen molar-refractivity contribution in [1.29, 1.82) is 0 Å². The second-order valence-corrected chi connectivity index (χ2v) is 7.27. The number of nitro groups is 1. The third-order valence-corrected chi connectivity index (χ3v) is 5.44. The summed E-state index contributed by atoms with van der Waals surface area (Å²) in [5.74, 6) is -1.00. The van der Waals surface area contributed by atoms with Gasteiger partial charge in [0.25, 0.3) is 11.8 Å². The van der Waals surface area contributed by atoms with E-state index in [1.165, 1.54) is 46.4 Å². The normalized spacial score (nSPS) is 13.2. The van der Waals surface area contributed by atoms with Gasteiger partial charge in [-0.2, -0.15) is 0 Å². The van der Waals surface area contributed by atoms with Crippen molar-refractivity contribution in [3.05, 3.63) is 55.8 Å². The van der Waals surface area contributed by atoms with Gasteiger partial charge in [0.2, 0.25) is 0 Å².